The van der Waals surface area contributed by atoms with Crippen molar-refractivity contribution in [3.8, 4) is 0 Å². The highest BCUT2D eigenvalue weighted by Crippen LogP contribution is 2.35. The molecule has 1 aliphatic carbocycles. The second-order valence-electron chi connectivity index (χ2n) is 7.80. The maximum atomic E-state index is 13.4. The van der Waals surface area contributed by atoms with Crippen molar-refractivity contribution in [1.82, 2.24) is 0 Å². The van der Waals surface area contributed by atoms with Crippen molar-refractivity contribution >= 4 is 48.4 Å². The Balaban J connectivity index is 0.00000193. The number of fused-ring (bicyclic) bond motifs is 1. The first-order valence-corrected chi connectivity index (χ1v) is 11.6. The molecule has 0 aromatic heterocycles. The van der Waals surface area contributed by atoms with E-state index in [0.717, 1.165) is 11.1 Å². The van der Waals surface area contributed by atoms with Crippen molar-refractivity contribution in [2.75, 3.05) is 11.1 Å². The summed E-state index contributed by atoms with van der Waals surface area (Å²) in [6.07, 6.45) is -0.337. The third kappa shape index (κ3) is 5.78. The lowest BCUT2D eigenvalue weighted by molar-refractivity contribution is 0.102. The van der Waals surface area contributed by atoms with Crippen LogP contribution in [0.3, 0.4) is 0 Å². The van der Waals surface area contributed by atoms with Crippen molar-refractivity contribution in [1.29, 1.82) is 0 Å². The minimum absolute atomic E-state index is 0. The number of amides is 1. The minimum atomic E-state index is -3.75. The lowest BCUT2D eigenvalue weighted by Crippen LogP contribution is -2.23. The van der Waals surface area contributed by atoms with Gasteiger partial charge in [-0.2, -0.15) is 27.0 Å². The zero-order chi connectivity index (χ0) is 22.2. The van der Waals surface area contributed by atoms with Crippen LogP contribution in [0.15, 0.2) is 71.6 Å². The van der Waals surface area contributed by atoms with E-state index in [4.69, 9.17) is 0 Å². The Morgan fingerprint density at radius 2 is 1.79 bits per heavy atom. The number of halogens is 1. The Morgan fingerprint density at radius 3 is 2.52 bits per heavy atom. The molecule has 1 amide bonds. The zero-order valence-electron chi connectivity index (χ0n) is 17.9. The van der Waals surface area contributed by atoms with Gasteiger partial charge >= 0.3 is 0 Å². The van der Waals surface area contributed by atoms with Gasteiger partial charge in [0.25, 0.3) is 5.91 Å². The molecule has 0 aliphatic heterocycles. The summed E-state index contributed by atoms with van der Waals surface area (Å²) in [6, 6.07) is 17.5. The fraction of sp³-hybridized carbons (Fsp3) is 0.208. The predicted octanol–water partition coefficient (Wildman–Crippen LogP) is 4.09. The van der Waals surface area contributed by atoms with Crippen LogP contribution in [-0.2, 0) is 16.3 Å². The van der Waals surface area contributed by atoms with E-state index in [1.165, 1.54) is 42.5 Å². The van der Waals surface area contributed by atoms with Gasteiger partial charge in [-0.25, -0.2) is 12.8 Å². The molecule has 5 nitrogen and oxygen atoms in total. The van der Waals surface area contributed by atoms with Crippen LogP contribution < -0.4 is 5.32 Å². The molecule has 0 radical (unpaired) electrons. The first-order valence-electron chi connectivity index (χ1n) is 9.91. The molecule has 9 heteroatoms. The number of nitrogens with one attached hydrogen (secondary N) is 1. The number of aliphatic hydroxyl groups is 1. The van der Waals surface area contributed by atoms with Gasteiger partial charge in [0.1, 0.15) is 5.82 Å². The van der Waals surface area contributed by atoms with Crippen LogP contribution in [0.25, 0.3) is 0 Å². The molecule has 2 N–H and O–H groups in total. The third-order valence-electron chi connectivity index (χ3n) is 5.62. The molecular formula is C24H26FNO4S3. The summed E-state index contributed by atoms with van der Waals surface area (Å²) >= 11 is 0. The lowest BCUT2D eigenvalue weighted by atomic mass is 10.0. The summed E-state index contributed by atoms with van der Waals surface area (Å²) in [4.78, 5) is 12.6. The molecule has 3 aromatic carbocycles. The van der Waals surface area contributed by atoms with Crippen molar-refractivity contribution in [3.63, 3.8) is 0 Å². The van der Waals surface area contributed by atoms with Gasteiger partial charge < -0.3 is 10.4 Å². The van der Waals surface area contributed by atoms with Crippen LogP contribution in [0.4, 0.5) is 10.1 Å². The van der Waals surface area contributed by atoms with E-state index in [1.54, 1.807) is 6.92 Å². The molecule has 0 spiro atoms. The molecule has 0 heterocycles. The fourth-order valence-electron chi connectivity index (χ4n) is 3.95. The average molecular weight is 508 g/mol. The van der Waals surface area contributed by atoms with Crippen molar-refractivity contribution in [2.24, 2.45) is 0 Å². The number of sulfone groups is 1. The largest absolute Gasteiger partial charge is 0.392 e. The fourth-order valence-corrected chi connectivity index (χ4v) is 5.61. The SMILES string of the molecule is Cc1cc(NC(=O)c2cccc(S(=O)(=O)C[C@H]3c4ccccc4C[C@@H]3O)c2)ccc1F.S.S. The van der Waals surface area contributed by atoms with E-state index >= 15 is 0 Å². The van der Waals surface area contributed by atoms with Gasteiger partial charge in [-0.05, 0) is 66.4 Å². The van der Waals surface area contributed by atoms with Crippen molar-refractivity contribution in [3.05, 3.63) is 94.8 Å². The second-order valence-corrected chi connectivity index (χ2v) is 9.84. The maximum Gasteiger partial charge on any atom is 0.255 e. The first kappa shape index (κ1) is 26.9. The van der Waals surface area contributed by atoms with E-state index < -0.39 is 27.8 Å². The van der Waals surface area contributed by atoms with Crippen LogP contribution in [0.2, 0.25) is 0 Å². The summed E-state index contributed by atoms with van der Waals surface area (Å²) in [5, 5.41) is 13.1. The molecule has 0 bridgehead atoms. The number of aryl methyl sites for hydroxylation is 1. The Bertz CT molecular complexity index is 1260. The number of aliphatic hydroxyl groups excluding tert-OH is 1. The van der Waals surface area contributed by atoms with Gasteiger partial charge in [-0.3, -0.25) is 4.79 Å². The standard InChI is InChI=1S/C24H22FNO4S.2H2S/c1-15-11-18(9-10-22(15)25)26-24(28)17-6-4-7-19(12-17)31(29,30)14-21-20-8-3-2-5-16(20)13-23(21)27;;/h2-12,21,23,27H,13-14H2,1H3,(H,26,28);2*1H2/t21-,23-;;/m0../s1. The molecule has 4 rings (SSSR count). The molecule has 0 saturated carbocycles. The van der Waals surface area contributed by atoms with E-state index in [-0.39, 0.29) is 49.0 Å². The van der Waals surface area contributed by atoms with Gasteiger partial charge in [0.15, 0.2) is 9.84 Å². The van der Waals surface area contributed by atoms with Gasteiger partial charge in [0, 0.05) is 17.2 Å². The second kappa shape index (κ2) is 10.7. The van der Waals surface area contributed by atoms with Crippen molar-refractivity contribution < 1.29 is 22.7 Å². The quantitative estimate of drug-likeness (QED) is 0.545. The highest BCUT2D eigenvalue weighted by Gasteiger charge is 2.35. The van der Waals surface area contributed by atoms with Crippen LogP contribution in [0.5, 0.6) is 0 Å². The molecule has 3 aromatic rings. The molecule has 0 unspecified atom stereocenters. The number of carbonyl (C=O) groups excluding carboxylic acids is 1. The van der Waals surface area contributed by atoms with Crippen LogP contribution in [-0.4, -0.2) is 31.3 Å². The Kier molecular flexibility index (Phi) is 8.75. The van der Waals surface area contributed by atoms with E-state index in [2.05, 4.69) is 5.32 Å². The van der Waals surface area contributed by atoms with E-state index in [1.807, 2.05) is 24.3 Å². The molecule has 0 saturated heterocycles. The summed E-state index contributed by atoms with van der Waals surface area (Å²) in [7, 11) is -3.75. The monoisotopic (exact) mass is 507 g/mol. The van der Waals surface area contributed by atoms with Gasteiger partial charge in [0.2, 0.25) is 0 Å². The number of hydrogen-bond donors (Lipinski definition) is 2. The zero-order valence-corrected chi connectivity index (χ0v) is 20.7. The van der Waals surface area contributed by atoms with Gasteiger partial charge in [-0.1, -0.05) is 30.3 Å². The third-order valence-corrected chi connectivity index (χ3v) is 7.39. The molecule has 1 aliphatic rings. The lowest BCUT2D eigenvalue weighted by Gasteiger charge is -2.16. The number of rotatable bonds is 5. The van der Waals surface area contributed by atoms with Gasteiger partial charge in [0.05, 0.1) is 16.8 Å². The first-order chi connectivity index (χ1) is 14.7. The van der Waals surface area contributed by atoms with Gasteiger partial charge in [-0.15, -0.1) is 0 Å². The number of benzene rings is 3. The van der Waals surface area contributed by atoms with Crippen LogP contribution in [0.1, 0.15) is 33.0 Å². The predicted molar refractivity (Wildman–Crippen MR) is 137 cm³/mol. The molecular weight excluding hydrogens is 481 g/mol. The van der Waals surface area contributed by atoms with Crippen LogP contribution in [0, 0.1) is 12.7 Å². The average Bonchev–Trinajstić information content (AvgIpc) is 3.05. The summed E-state index contributed by atoms with van der Waals surface area (Å²) in [5.74, 6) is -1.62. The number of hydrogen-bond acceptors (Lipinski definition) is 4. The smallest absolute Gasteiger partial charge is 0.255 e. The Morgan fingerprint density at radius 1 is 1.06 bits per heavy atom. The summed E-state index contributed by atoms with van der Waals surface area (Å²) < 4.78 is 39.6. The molecule has 33 heavy (non-hydrogen) atoms. The normalized spacial score (nSPS) is 16.8. The minimum Gasteiger partial charge on any atom is -0.392 e. The molecule has 0 fully saturated rings. The summed E-state index contributed by atoms with van der Waals surface area (Å²) in [5.41, 5.74) is 2.79. The highest BCUT2D eigenvalue weighted by molar-refractivity contribution is 7.91. The summed E-state index contributed by atoms with van der Waals surface area (Å²) in [6.45, 7) is 1.59. The maximum absolute atomic E-state index is 13.4. The topological polar surface area (TPSA) is 83.5 Å². The Hall–Kier alpha value is -2.33. The highest BCUT2D eigenvalue weighted by atomic mass is 32.2. The van der Waals surface area contributed by atoms with Crippen LogP contribution >= 0.6 is 27.0 Å². The Labute approximate surface area is 206 Å². The van der Waals surface area contributed by atoms with E-state index in [9.17, 15) is 22.7 Å². The number of anilines is 1. The number of carbonyl (C=O) groups is 1. The molecule has 2 atom stereocenters. The van der Waals surface area contributed by atoms with Crippen molar-refractivity contribution in [2.45, 2.75) is 30.3 Å². The molecule has 176 valence electrons. The van der Waals surface area contributed by atoms with E-state index in [0.29, 0.717) is 17.7 Å².